The lowest BCUT2D eigenvalue weighted by Gasteiger charge is -2.23. The van der Waals surface area contributed by atoms with Gasteiger partial charge in [-0.3, -0.25) is 9.59 Å². The van der Waals surface area contributed by atoms with E-state index in [0.717, 1.165) is 24.2 Å². The lowest BCUT2D eigenvalue weighted by Crippen LogP contribution is -2.37. The summed E-state index contributed by atoms with van der Waals surface area (Å²) in [6, 6.07) is 7.24. The normalized spacial score (nSPS) is 24.7. The van der Waals surface area contributed by atoms with Gasteiger partial charge in [0.25, 0.3) is 5.91 Å². The van der Waals surface area contributed by atoms with Crippen LogP contribution in [0, 0.1) is 18.3 Å². The topological polar surface area (TPSA) is 75.4 Å². The smallest absolute Gasteiger partial charge is 0.311 e. The van der Waals surface area contributed by atoms with E-state index in [1.165, 1.54) is 0 Å². The second kappa shape index (κ2) is 6.13. The number of likely N-dealkylation sites (tertiary alicyclic amines) is 1. The second-order valence-corrected chi connectivity index (χ2v) is 7.70. The highest BCUT2D eigenvalue weighted by Crippen LogP contribution is 2.49. The highest BCUT2D eigenvalue weighted by atomic mass is 35.5. The van der Waals surface area contributed by atoms with E-state index < -0.39 is 11.4 Å². The van der Waals surface area contributed by atoms with Crippen molar-refractivity contribution in [3.8, 4) is 5.69 Å². The van der Waals surface area contributed by atoms with Gasteiger partial charge in [-0.15, -0.1) is 0 Å². The van der Waals surface area contributed by atoms with Crippen molar-refractivity contribution < 1.29 is 14.7 Å². The fourth-order valence-electron chi connectivity index (χ4n) is 4.43. The quantitative estimate of drug-likeness (QED) is 0.896. The third-order valence-corrected chi connectivity index (χ3v) is 6.15. The first kappa shape index (κ1) is 17.1. The number of hydrogen-bond acceptors (Lipinski definition) is 3. The summed E-state index contributed by atoms with van der Waals surface area (Å²) in [5, 5.41) is 14.7. The van der Waals surface area contributed by atoms with Crippen LogP contribution >= 0.6 is 11.6 Å². The van der Waals surface area contributed by atoms with Crippen LogP contribution < -0.4 is 0 Å². The molecule has 1 aromatic carbocycles. The highest BCUT2D eigenvalue weighted by Gasteiger charge is 2.56. The van der Waals surface area contributed by atoms with Crippen molar-refractivity contribution in [3.05, 3.63) is 46.7 Å². The van der Waals surface area contributed by atoms with Gasteiger partial charge >= 0.3 is 5.97 Å². The van der Waals surface area contributed by atoms with Gasteiger partial charge < -0.3 is 10.0 Å². The Bertz CT molecular complexity index is 877. The van der Waals surface area contributed by atoms with Gasteiger partial charge in [0, 0.05) is 18.1 Å². The molecule has 26 heavy (non-hydrogen) atoms. The summed E-state index contributed by atoms with van der Waals surface area (Å²) in [5.74, 6) is -0.864. The predicted octanol–water partition coefficient (Wildman–Crippen LogP) is 3.16. The van der Waals surface area contributed by atoms with E-state index in [0.29, 0.717) is 23.6 Å². The number of halogens is 1. The van der Waals surface area contributed by atoms with Crippen molar-refractivity contribution in [2.75, 3.05) is 13.1 Å². The fraction of sp³-hybridized carbons (Fsp3) is 0.421. The van der Waals surface area contributed by atoms with Crippen molar-refractivity contribution in [3.63, 3.8) is 0 Å². The van der Waals surface area contributed by atoms with E-state index in [-0.39, 0.29) is 18.4 Å². The number of benzene rings is 1. The summed E-state index contributed by atoms with van der Waals surface area (Å²) in [6.45, 7) is 2.65. The zero-order chi connectivity index (χ0) is 18.5. The monoisotopic (exact) mass is 373 g/mol. The van der Waals surface area contributed by atoms with Crippen molar-refractivity contribution in [1.29, 1.82) is 0 Å². The molecule has 2 aromatic rings. The molecular weight excluding hydrogens is 354 g/mol. The number of carbonyl (C=O) groups excluding carboxylic acids is 1. The Morgan fingerprint density at radius 3 is 2.69 bits per heavy atom. The van der Waals surface area contributed by atoms with Gasteiger partial charge in [0.2, 0.25) is 0 Å². The zero-order valence-corrected chi connectivity index (χ0v) is 15.2. The first-order valence-corrected chi connectivity index (χ1v) is 9.13. The summed E-state index contributed by atoms with van der Waals surface area (Å²) < 4.78 is 1.70. The van der Waals surface area contributed by atoms with E-state index in [1.807, 2.05) is 19.1 Å². The van der Waals surface area contributed by atoms with Crippen LogP contribution in [0.15, 0.2) is 30.5 Å². The van der Waals surface area contributed by atoms with Crippen molar-refractivity contribution >= 4 is 23.5 Å². The van der Waals surface area contributed by atoms with Crippen molar-refractivity contribution in [1.82, 2.24) is 14.7 Å². The van der Waals surface area contributed by atoms with Crippen molar-refractivity contribution in [2.24, 2.45) is 11.3 Å². The molecule has 1 aromatic heterocycles. The van der Waals surface area contributed by atoms with Crippen LogP contribution in [-0.2, 0) is 4.79 Å². The summed E-state index contributed by atoms with van der Waals surface area (Å²) in [5.41, 5.74) is 1.31. The Balaban J connectivity index is 1.60. The van der Waals surface area contributed by atoms with E-state index in [1.54, 1.807) is 27.9 Å². The van der Waals surface area contributed by atoms with Crippen LogP contribution in [0.4, 0.5) is 0 Å². The molecule has 1 aliphatic carbocycles. The molecular formula is C19H20ClN3O3. The van der Waals surface area contributed by atoms with Gasteiger partial charge in [-0.05, 0) is 49.9 Å². The molecule has 2 heterocycles. The van der Waals surface area contributed by atoms with Gasteiger partial charge in [-0.2, -0.15) is 5.10 Å². The highest BCUT2D eigenvalue weighted by molar-refractivity contribution is 6.30. The summed E-state index contributed by atoms with van der Waals surface area (Å²) in [6.07, 6.45) is 4.01. The number of aliphatic carboxylic acids is 1. The Morgan fingerprint density at radius 1 is 1.31 bits per heavy atom. The van der Waals surface area contributed by atoms with Gasteiger partial charge in [0.05, 0.1) is 28.6 Å². The van der Waals surface area contributed by atoms with E-state index >= 15 is 0 Å². The van der Waals surface area contributed by atoms with Crippen LogP contribution in [0.5, 0.6) is 0 Å². The number of nitrogens with zero attached hydrogens (tertiary/aromatic N) is 3. The minimum Gasteiger partial charge on any atom is -0.481 e. The van der Waals surface area contributed by atoms with Crippen LogP contribution in [0.2, 0.25) is 5.02 Å². The molecule has 2 aliphatic rings. The minimum atomic E-state index is -0.774. The predicted molar refractivity (Wildman–Crippen MR) is 96.6 cm³/mol. The Kier molecular flexibility index (Phi) is 4.03. The standard InChI is InChI=1S/C19H20ClN3O3/c1-12-16(9-21-23(12)15-6-4-14(20)5-7-15)17(24)22-10-13-3-2-8-19(13,11-22)18(25)26/h4-7,9,13H,2-3,8,10-11H2,1H3,(H,25,26)/t13-,19+/m0/s1. The molecule has 2 fully saturated rings. The first-order chi connectivity index (χ1) is 12.4. The maximum Gasteiger partial charge on any atom is 0.311 e. The molecule has 6 nitrogen and oxygen atoms in total. The molecule has 0 radical (unpaired) electrons. The van der Waals surface area contributed by atoms with Gasteiger partial charge in [-0.25, -0.2) is 4.68 Å². The number of carboxylic acid groups (broad SMARTS) is 1. The molecule has 136 valence electrons. The third-order valence-electron chi connectivity index (χ3n) is 5.90. The Labute approximate surface area is 156 Å². The number of amides is 1. The van der Waals surface area contributed by atoms with Gasteiger partial charge in [0.15, 0.2) is 0 Å². The molecule has 1 N–H and O–H groups in total. The van der Waals surface area contributed by atoms with E-state index in [2.05, 4.69) is 5.10 Å². The minimum absolute atomic E-state index is 0.0515. The number of aromatic nitrogens is 2. The Morgan fingerprint density at radius 2 is 2.04 bits per heavy atom. The number of hydrogen-bond donors (Lipinski definition) is 1. The second-order valence-electron chi connectivity index (χ2n) is 7.27. The molecule has 1 saturated heterocycles. The number of rotatable bonds is 3. The lowest BCUT2D eigenvalue weighted by molar-refractivity contribution is -0.149. The summed E-state index contributed by atoms with van der Waals surface area (Å²) in [7, 11) is 0. The molecule has 1 amide bonds. The molecule has 4 rings (SSSR count). The van der Waals surface area contributed by atoms with Crippen LogP contribution in [0.25, 0.3) is 5.69 Å². The fourth-order valence-corrected chi connectivity index (χ4v) is 4.55. The number of carbonyl (C=O) groups is 2. The zero-order valence-electron chi connectivity index (χ0n) is 14.5. The molecule has 2 atom stereocenters. The molecule has 1 saturated carbocycles. The SMILES string of the molecule is Cc1c(C(=O)N2C[C@@H]3CCC[C@@]3(C(=O)O)C2)cnn1-c1ccc(Cl)cc1. The maximum absolute atomic E-state index is 13.0. The molecule has 0 unspecified atom stereocenters. The maximum atomic E-state index is 13.0. The van der Waals surface area contributed by atoms with Crippen LogP contribution in [0.3, 0.4) is 0 Å². The average Bonchev–Trinajstić information content (AvgIpc) is 3.27. The molecule has 1 aliphatic heterocycles. The van der Waals surface area contributed by atoms with Crippen LogP contribution in [-0.4, -0.2) is 44.8 Å². The molecule has 7 heteroatoms. The first-order valence-electron chi connectivity index (χ1n) is 8.75. The van der Waals surface area contributed by atoms with Crippen molar-refractivity contribution in [2.45, 2.75) is 26.2 Å². The molecule has 0 bridgehead atoms. The third kappa shape index (κ3) is 2.51. The molecule has 0 spiro atoms. The van der Waals surface area contributed by atoms with Gasteiger partial charge in [0.1, 0.15) is 0 Å². The van der Waals surface area contributed by atoms with E-state index in [9.17, 15) is 14.7 Å². The van der Waals surface area contributed by atoms with E-state index in [4.69, 9.17) is 11.6 Å². The van der Waals surface area contributed by atoms with Crippen LogP contribution in [0.1, 0.15) is 35.3 Å². The number of fused-ring (bicyclic) bond motifs is 1. The Hall–Kier alpha value is -2.34. The van der Waals surface area contributed by atoms with Gasteiger partial charge in [-0.1, -0.05) is 18.0 Å². The average molecular weight is 374 g/mol. The summed E-state index contributed by atoms with van der Waals surface area (Å²) >= 11 is 5.93. The largest absolute Gasteiger partial charge is 0.481 e. The summed E-state index contributed by atoms with van der Waals surface area (Å²) in [4.78, 5) is 26.5. The lowest BCUT2D eigenvalue weighted by atomic mass is 9.81. The number of carboxylic acids is 1.